The minimum Gasteiger partial charge on any atom is -0.496 e. The Kier molecular flexibility index (Phi) is 4.83. The fourth-order valence-electron chi connectivity index (χ4n) is 3.22. The van der Waals surface area contributed by atoms with Crippen LogP contribution in [0.15, 0.2) is 18.2 Å². The normalized spacial score (nSPS) is 25.1. The number of benzene rings is 1. The number of aryl methyl sites for hydroxylation is 1. The lowest BCUT2D eigenvalue weighted by Gasteiger charge is -2.32. The molecule has 2 rings (SSSR count). The van der Waals surface area contributed by atoms with Crippen LogP contribution in [0.2, 0.25) is 0 Å². The molecule has 0 bridgehead atoms. The molecule has 0 heterocycles. The van der Waals surface area contributed by atoms with Crippen LogP contribution in [-0.4, -0.2) is 7.11 Å². The lowest BCUT2D eigenvalue weighted by Crippen LogP contribution is -2.35. The number of hydrogen-bond donors (Lipinski definition) is 2. The van der Waals surface area contributed by atoms with Crippen molar-refractivity contribution in [3.05, 3.63) is 29.3 Å². The van der Waals surface area contributed by atoms with Crippen molar-refractivity contribution in [2.75, 3.05) is 7.11 Å². The largest absolute Gasteiger partial charge is 0.496 e. The first kappa shape index (κ1) is 14.4. The smallest absolute Gasteiger partial charge is 0.121 e. The third kappa shape index (κ3) is 3.28. The zero-order chi connectivity index (χ0) is 13.8. The number of nitrogens with two attached hydrogens (primary N) is 1. The number of hydrazine groups is 1. The molecule has 19 heavy (non-hydrogen) atoms. The predicted molar refractivity (Wildman–Crippen MR) is 78.9 cm³/mol. The van der Waals surface area contributed by atoms with E-state index in [1.54, 1.807) is 7.11 Å². The zero-order valence-corrected chi connectivity index (χ0v) is 12.3. The third-order valence-corrected chi connectivity index (χ3v) is 4.49. The van der Waals surface area contributed by atoms with Gasteiger partial charge in [-0.05, 0) is 48.8 Å². The van der Waals surface area contributed by atoms with Gasteiger partial charge < -0.3 is 4.74 Å². The van der Waals surface area contributed by atoms with Gasteiger partial charge in [0.2, 0.25) is 0 Å². The Morgan fingerprint density at radius 3 is 2.47 bits per heavy atom. The summed E-state index contributed by atoms with van der Waals surface area (Å²) < 4.78 is 5.32. The van der Waals surface area contributed by atoms with Crippen molar-refractivity contribution in [2.45, 2.75) is 45.6 Å². The molecule has 1 aromatic rings. The summed E-state index contributed by atoms with van der Waals surface area (Å²) in [6.45, 7) is 4.43. The van der Waals surface area contributed by atoms with Crippen LogP contribution in [-0.2, 0) is 0 Å². The van der Waals surface area contributed by atoms with Crippen LogP contribution in [0, 0.1) is 18.8 Å². The van der Waals surface area contributed by atoms with E-state index in [0.29, 0.717) is 5.92 Å². The molecule has 3 heteroatoms. The van der Waals surface area contributed by atoms with Crippen LogP contribution >= 0.6 is 0 Å². The summed E-state index contributed by atoms with van der Waals surface area (Å²) in [5, 5.41) is 0. The second-order valence-electron chi connectivity index (χ2n) is 5.89. The monoisotopic (exact) mass is 262 g/mol. The van der Waals surface area contributed by atoms with E-state index < -0.39 is 0 Å². The summed E-state index contributed by atoms with van der Waals surface area (Å²) in [6.07, 6.45) is 5.16. The molecule has 1 atom stereocenters. The average Bonchev–Trinajstić information content (AvgIpc) is 2.42. The molecular formula is C16H26N2O. The summed E-state index contributed by atoms with van der Waals surface area (Å²) in [5.41, 5.74) is 5.48. The minimum atomic E-state index is 0.261. The standard InChI is InChI=1S/C16H26N2O/c1-11-4-6-13(7-5-11)16(18-17)14-8-9-15(19-3)12(2)10-14/h8-11,13,16,18H,4-7,17H2,1-3H3. The predicted octanol–water partition coefficient (Wildman–Crippen LogP) is 3.33. The number of methoxy groups -OCH3 is 1. The van der Waals surface area contributed by atoms with Gasteiger partial charge in [0, 0.05) is 6.04 Å². The van der Waals surface area contributed by atoms with Crippen LogP contribution < -0.4 is 16.0 Å². The van der Waals surface area contributed by atoms with Gasteiger partial charge in [0.1, 0.15) is 5.75 Å². The molecule has 0 saturated heterocycles. The Hall–Kier alpha value is -1.06. The molecule has 1 saturated carbocycles. The highest BCUT2D eigenvalue weighted by Crippen LogP contribution is 2.37. The van der Waals surface area contributed by atoms with Crippen molar-refractivity contribution in [2.24, 2.45) is 17.7 Å². The Balaban J connectivity index is 2.15. The molecule has 0 amide bonds. The zero-order valence-electron chi connectivity index (χ0n) is 12.3. The van der Waals surface area contributed by atoms with Gasteiger partial charge in [0.25, 0.3) is 0 Å². The van der Waals surface area contributed by atoms with Gasteiger partial charge in [-0.15, -0.1) is 0 Å². The SMILES string of the molecule is COc1ccc(C(NN)C2CCC(C)CC2)cc1C. The van der Waals surface area contributed by atoms with Crippen LogP contribution in [0.5, 0.6) is 5.75 Å². The van der Waals surface area contributed by atoms with Gasteiger partial charge in [0.05, 0.1) is 7.11 Å². The van der Waals surface area contributed by atoms with Crippen LogP contribution in [0.4, 0.5) is 0 Å². The number of hydrogen-bond acceptors (Lipinski definition) is 3. The molecule has 0 aromatic heterocycles. The van der Waals surface area contributed by atoms with Crippen molar-refractivity contribution >= 4 is 0 Å². The van der Waals surface area contributed by atoms with Crippen molar-refractivity contribution < 1.29 is 4.74 Å². The number of nitrogens with one attached hydrogen (secondary N) is 1. The second-order valence-corrected chi connectivity index (χ2v) is 5.89. The van der Waals surface area contributed by atoms with Crippen LogP contribution in [0.3, 0.4) is 0 Å². The van der Waals surface area contributed by atoms with Crippen molar-refractivity contribution in [1.82, 2.24) is 5.43 Å². The summed E-state index contributed by atoms with van der Waals surface area (Å²) in [5.74, 6) is 8.27. The van der Waals surface area contributed by atoms with Crippen molar-refractivity contribution in [1.29, 1.82) is 0 Å². The minimum absolute atomic E-state index is 0.261. The molecule has 1 aromatic carbocycles. The third-order valence-electron chi connectivity index (χ3n) is 4.49. The van der Waals surface area contributed by atoms with Gasteiger partial charge >= 0.3 is 0 Å². The molecule has 3 N–H and O–H groups in total. The molecule has 106 valence electrons. The van der Waals surface area contributed by atoms with Gasteiger partial charge in [0.15, 0.2) is 0 Å². The molecule has 1 aliphatic rings. The second kappa shape index (κ2) is 6.40. The lowest BCUT2D eigenvalue weighted by molar-refractivity contribution is 0.232. The van der Waals surface area contributed by atoms with Gasteiger partial charge in [-0.25, -0.2) is 0 Å². The lowest BCUT2D eigenvalue weighted by atomic mass is 9.77. The van der Waals surface area contributed by atoms with E-state index in [0.717, 1.165) is 11.7 Å². The number of ether oxygens (including phenoxy) is 1. The quantitative estimate of drug-likeness (QED) is 0.646. The fourth-order valence-corrected chi connectivity index (χ4v) is 3.22. The average molecular weight is 262 g/mol. The fraction of sp³-hybridized carbons (Fsp3) is 0.625. The summed E-state index contributed by atoms with van der Waals surface area (Å²) in [7, 11) is 1.71. The van der Waals surface area contributed by atoms with Gasteiger partial charge in [-0.3, -0.25) is 11.3 Å². The van der Waals surface area contributed by atoms with E-state index >= 15 is 0 Å². The molecule has 3 nitrogen and oxygen atoms in total. The Morgan fingerprint density at radius 1 is 1.26 bits per heavy atom. The molecule has 1 aliphatic carbocycles. The highest BCUT2D eigenvalue weighted by Gasteiger charge is 2.26. The van der Waals surface area contributed by atoms with E-state index in [9.17, 15) is 0 Å². The highest BCUT2D eigenvalue weighted by molar-refractivity contribution is 5.37. The number of rotatable bonds is 4. The summed E-state index contributed by atoms with van der Waals surface area (Å²) >= 11 is 0. The molecule has 0 spiro atoms. The maximum Gasteiger partial charge on any atom is 0.121 e. The molecular weight excluding hydrogens is 236 g/mol. The highest BCUT2D eigenvalue weighted by atomic mass is 16.5. The Morgan fingerprint density at radius 2 is 1.95 bits per heavy atom. The van der Waals surface area contributed by atoms with Gasteiger partial charge in [-0.1, -0.05) is 31.9 Å². The topological polar surface area (TPSA) is 47.3 Å². The summed E-state index contributed by atoms with van der Waals surface area (Å²) in [4.78, 5) is 0. The van der Waals surface area contributed by atoms with Gasteiger partial charge in [-0.2, -0.15) is 0 Å². The van der Waals surface area contributed by atoms with E-state index in [1.807, 2.05) is 6.07 Å². The van der Waals surface area contributed by atoms with Crippen LogP contribution in [0.1, 0.15) is 49.8 Å². The van der Waals surface area contributed by atoms with Crippen molar-refractivity contribution in [3.63, 3.8) is 0 Å². The summed E-state index contributed by atoms with van der Waals surface area (Å²) in [6, 6.07) is 6.63. The maximum absolute atomic E-state index is 5.81. The Bertz CT molecular complexity index is 411. The van der Waals surface area contributed by atoms with E-state index in [2.05, 4.69) is 31.4 Å². The molecule has 1 unspecified atom stereocenters. The van der Waals surface area contributed by atoms with E-state index in [4.69, 9.17) is 10.6 Å². The molecule has 0 aliphatic heterocycles. The Labute approximate surface area is 116 Å². The van der Waals surface area contributed by atoms with Crippen LogP contribution in [0.25, 0.3) is 0 Å². The maximum atomic E-state index is 5.81. The van der Waals surface area contributed by atoms with E-state index in [-0.39, 0.29) is 6.04 Å². The molecule has 0 radical (unpaired) electrons. The van der Waals surface area contributed by atoms with E-state index in [1.165, 1.54) is 36.8 Å². The first-order valence-corrected chi connectivity index (χ1v) is 7.26. The van der Waals surface area contributed by atoms with Crippen molar-refractivity contribution in [3.8, 4) is 5.75 Å². The molecule has 1 fully saturated rings. The first-order chi connectivity index (χ1) is 9.15. The first-order valence-electron chi connectivity index (χ1n) is 7.26.